The average molecular weight is 478 g/mol. The maximum Gasteiger partial charge on any atom is 0.573 e. The molecule has 1 aromatic carbocycles. The van der Waals surface area contributed by atoms with Gasteiger partial charge in [0.05, 0.1) is 9.83 Å². The van der Waals surface area contributed by atoms with Crippen molar-refractivity contribution in [2.75, 3.05) is 12.8 Å². The predicted molar refractivity (Wildman–Crippen MR) is 111 cm³/mol. The maximum atomic E-state index is 14.2. The summed E-state index contributed by atoms with van der Waals surface area (Å²) in [6.45, 7) is -1.81. The predicted octanol–water partition coefficient (Wildman–Crippen LogP) is 3.35. The van der Waals surface area contributed by atoms with E-state index in [1.54, 1.807) is 18.3 Å². The first kappa shape index (κ1) is 20.2. The van der Waals surface area contributed by atoms with E-state index in [1.807, 2.05) is 0 Å². The minimum atomic E-state index is -5.02. The van der Waals surface area contributed by atoms with Gasteiger partial charge >= 0.3 is 6.36 Å². The Hall–Kier alpha value is -4.42. The Kier molecular flexibility index (Phi) is 5.26. The first-order chi connectivity index (χ1) is 17.0. The standard InChI is InChI=1S/C21H16F4N6O3/c1-33-19-15(7-12(9-28-19)11-4-5-31-17(8-11)29-20(26)30-31)18(32)27-10-13-6-14(2-3-16(13)22)34-21(23,24)25/h2-9H,10H2,1H3,(H2,26,30)(H,27,32)/i1D,10D. The fraction of sp³-hybridized carbons (Fsp3) is 0.143. The van der Waals surface area contributed by atoms with Crippen molar-refractivity contribution in [3.8, 4) is 22.8 Å². The Morgan fingerprint density at radius 2 is 2.09 bits per heavy atom. The number of fused-ring (bicyclic) bond motifs is 1. The van der Waals surface area contributed by atoms with Crippen molar-refractivity contribution in [1.82, 2.24) is 24.9 Å². The van der Waals surface area contributed by atoms with E-state index in [1.165, 1.54) is 16.8 Å². The Morgan fingerprint density at radius 1 is 1.26 bits per heavy atom. The first-order valence-electron chi connectivity index (χ1n) is 10.6. The van der Waals surface area contributed by atoms with Crippen molar-refractivity contribution < 1.29 is 34.6 Å². The van der Waals surface area contributed by atoms with Gasteiger partial charge in [-0.1, -0.05) is 0 Å². The Balaban J connectivity index is 1.63. The monoisotopic (exact) mass is 478 g/mol. The summed E-state index contributed by atoms with van der Waals surface area (Å²) in [4.78, 5) is 21.1. The van der Waals surface area contributed by atoms with E-state index >= 15 is 0 Å². The van der Waals surface area contributed by atoms with Crippen LogP contribution in [0.1, 0.15) is 18.7 Å². The Bertz CT molecular complexity index is 1430. The molecule has 3 heterocycles. The van der Waals surface area contributed by atoms with Crippen LogP contribution in [0.5, 0.6) is 11.6 Å². The van der Waals surface area contributed by atoms with E-state index < -0.39 is 43.0 Å². The molecule has 0 fully saturated rings. The van der Waals surface area contributed by atoms with E-state index in [0.29, 0.717) is 28.9 Å². The van der Waals surface area contributed by atoms with Crippen LogP contribution in [0, 0.1) is 5.82 Å². The van der Waals surface area contributed by atoms with Gasteiger partial charge in [-0.25, -0.2) is 13.9 Å². The third-order valence-corrected chi connectivity index (χ3v) is 4.48. The molecule has 3 N–H and O–H groups in total. The van der Waals surface area contributed by atoms with Gasteiger partial charge in [0.15, 0.2) is 5.65 Å². The van der Waals surface area contributed by atoms with Gasteiger partial charge < -0.3 is 20.5 Å². The smallest absolute Gasteiger partial charge is 0.480 e. The van der Waals surface area contributed by atoms with Crippen molar-refractivity contribution in [2.24, 2.45) is 0 Å². The van der Waals surface area contributed by atoms with E-state index in [9.17, 15) is 22.4 Å². The van der Waals surface area contributed by atoms with Crippen molar-refractivity contribution in [1.29, 1.82) is 0 Å². The average Bonchev–Trinajstić information content (AvgIpc) is 3.19. The second-order valence-electron chi connectivity index (χ2n) is 6.76. The number of carbonyl (C=O) groups excluding carboxylic acids is 1. The van der Waals surface area contributed by atoms with Crippen LogP contribution < -0.4 is 20.5 Å². The molecule has 9 nitrogen and oxygen atoms in total. The van der Waals surface area contributed by atoms with Crippen LogP contribution in [0.3, 0.4) is 0 Å². The lowest BCUT2D eigenvalue weighted by Gasteiger charge is -2.13. The summed E-state index contributed by atoms with van der Waals surface area (Å²) in [6.07, 6.45) is -2.06. The number of anilines is 1. The number of pyridine rings is 2. The molecule has 4 aromatic rings. The quantitative estimate of drug-likeness (QED) is 0.408. The van der Waals surface area contributed by atoms with Crippen LogP contribution >= 0.6 is 0 Å². The SMILES string of the molecule is [2H]COc1ncc(-c2ccn3nc(N)nc3c2)cc1C(=O)NC([2H])c1cc(OC(F)(F)F)ccc1F. The number of methoxy groups -OCH3 is 1. The molecule has 13 heteroatoms. The molecule has 0 aliphatic carbocycles. The third kappa shape index (κ3) is 4.98. The summed E-state index contributed by atoms with van der Waals surface area (Å²) in [5.41, 5.74) is 6.25. The van der Waals surface area contributed by atoms with Crippen molar-refractivity contribution in [2.45, 2.75) is 12.9 Å². The number of carbonyl (C=O) groups is 1. The number of halogens is 4. The number of nitrogens with two attached hydrogens (primary N) is 1. The first-order valence-corrected chi connectivity index (χ1v) is 9.36. The second kappa shape index (κ2) is 8.84. The van der Waals surface area contributed by atoms with Crippen LogP contribution in [0.15, 0.2) is 48.8 Å². The molecule has 4 rings (SSSR count). The summed E-state index contributed by atoms with van der Waals surface area (Å²) < 4.78 is 77.4. The minimum absolute atomic E-state index is 0.0583. The maximum absolute atomic E-state index is 14.2. The highest BCUT2D eigenvalue weighted by atomic mass is 19.4. The van der Waals surface area contributed by atoms with Crippen LogP contribution in [0.4, 0.5) is 23.5 Å². The zero-order chi connectivity index (χ0) is 26.0. The van der Waals surface area contributed by atoms with Crippen molar-refractivity contribution in [3.05, 3.63) is 65.7 Å². The molecule has 3 aromatic heterocycles. The lowest BCUT2D eigenvalue weighted by molar-refractivity contribution is -0.274. The second-order valence-corrected chi connectivity index (χ2v) is 6.76. The van der Waals surface area contributed by atoms with Gasteiger partial charge in [0, 0.05) is 30.0 Å². The number of rotatable bonds is 6. The third-order valence-electron chi connectivity index (χ3n) is 4.48. The summed E-state index contributed by atoms with van der Waals surface area (Å²) in [7, 11) is -0.576. The van der Waals surface area contributed by atoms with E-state index in [-0.39, 0.29) is 17.4 Å². The van der Waals surface area contributed by atoms with E-state index in [4.69, 9.17) is 13.2 Å². The molecule has 34 heavy (non-hydrogen) atoms. The van der Waals surface area contributed by atoms with Crippen molar-refractivity contribution >= 4 is 17.5 Å². The molecule has 0 bridgehead atoms. The van der Waals surface area contributed by atoms with Gasteiger partial charge in [0.25, 0.3) is 5.91 Å². The highest BCUT2D eigenvalue weighted by molar-refractivity contribution is 5.97. The lowest BCUT2D eigenvalue weighted by atomic mass is 10.1. The summed E-state index contributed by atoms with van der Waals surface area (Å²) in [5.74, 6) is -2.90. The molecule has 0 spiro atoms. The number of ether oxygens (including phenoxy) is 2. The Morgan fingerprint density at radius 3 is 2.85 bits per heavy atom. The van der Waals surface area contributed by atoms with Crippen molar-refractivity contribution in [3.63, 3.8) is 0 Å². The minimum Gasteiger partial charge on any atom is -0.480 e. The topological polar surface area (TPSA) is 117 Å². The highest BCUT2D eigenvalue weighted by Crippen LogP contribution is 2.27. The normalized spacial score (nSPS) is 13.2. The number of hydrogen-bond acceptors (Lipinski definition) is 7. The molecule has 0 aliphatic heterocycles. The molecule has 0 aliphatic rings. The van der Waals surface area contributed by atoms with Gasteiger partial charge in [0.1, 0.15) is 17.1 Å². The van der Waals surface area contributed by atoms with Crippen LogP contribution in [-0.4, -0.2) is 38.9 Å². The van der Waals surface area contributed by atoms with Gasteiger partial charge in [-0.2, -0.15) is 4.98 Å². The van der Waals surface area contributed by atoms with Gasteiger partial charge in [-0.3, -0.25) is 4.79 Å². The highest BCUT2D eigenvalue weighted by Gasteiger charge is 2.31. The number of benzene rings is 1. The summed E-state index contributed by atoms with van der Waals surface area (Å²) in [5, 5.41) is 6.15. The molecule has 1 amide bonds. The molecule has 0 saturated heterocycles. The van der Waals surface area contributed by atoms with E-state index in [2.05, 4.69) is 25.1 Å². The van der Waals surface area contributed by atoms with Crippen LogP contribution in [0.2, 0.25) is 0 Å². The molecular formula is C21H16F4N6O3. The number of hydrogen-bond donors (Lipinski definition) is 2. The fourth-order valence-corrected chi connectivity index (χ4v) is 3.02. The molecule has 176 valence electrons. The molecule has 1 unspecified atom stereocenters. The zero-order valence-corrected chi connectivity index (χ0v) is 17.0. The van der Waals surface area contributed by atoms with Crippen LogP contribution in [-0.2, 0) is 6.52 Å². The lowest BCUT2D eigenvalue weighted by Crippen LogP contribution is -2.24. The van der Waals surface area contributed by atoms with Gasteiger partial charge in [-0.05, 0) is 42.0 Å². The number of nitrogens with zero attached hydrogens (tertiary/aromatic N) is 4. The van der Waals surface area contributed by atoms with Crippen LogP contribution in [0.25, 0.3) is 16.8 Å². The number of aromatic nitrogens is 4. The zero-order valence-electron chi connectivity index (χ0n) is 19.0. The fourth-order valence-electron chi connectivity index (χ4n) is 3.02. The summed E-state index contributed by atoms with van der Waals surface area (Å²) >= 11 is 0. The van der Waals surface area contributed by atoms with E-state index in [0.717, 1.165) is 6.07 Å². The molecule has 1 atom stereocenters. The number of alkyl halides is 3. The molecule has 0 radical (unpaired) electrons. The molecule has 0 saturated carbocycles. The van der Waals surface area contributed by atoms with Gasteiger partial charge in [0.2, 0.25) is 11.8 Å². The number of nitrogen functional groups attached to an aromatic ring is 1. The largest absolute Gasteiger partial charge is 0.573 e. The number of amides is 1. The van der Waals surface area contributed by atoms with Gasteiger partial charge in [-0.15, -0.1) is 18.3 Å². The summed E-state index contributed by atoms with van der Waals surface area (Å²) in [6, 6.07) is 6.74. The molecular weight excluding hydrogens is 460 g/mol. The number of nitrogens with one attached hydrogen (secondary N) is 1. The Labute approximate surface area is 192 Å².